The zero-order valence-corrected chi connectivity index (χ0v) is 23.4. The van der Waals surface area contributed by atoms with Crippen molar-refractivity contribution in [3.8, 4) is 11.3 Å². The summed E-state index contributed by atoms with van der Waals surface area (Å²) in [6, 6.07) is 15.2. The van der Waals surface area contributed by atoms with E-state index >= 15 is 0 Å². The van der Waals surface area contributed by atoms with Crippen LogP contribution in [0.4, 0.5) is 0 Å². The van der Waals surface area contributed by atoms with E-state index in [1.807, 2.05) is 59.7 Å². The quantitative estimate of drug-likeness (QED) is 0.387. The maximum atomic E-state index is 13.8. The van der Waals surface area contributed by atoms with Crippen LogP contribution in [0.1, 0.15) is 43.2 Å². The molecule has 2 aliphatic heterocycles. The van der Waals surface area contributed by atoms with E-state index in [0.717, 1.165) is 17.7 Å². The van der Waals surface area contributed by atoms with Crippen molar-refractivity contribution in [2.45, 2.75) is 52.1 Å². The van der Waals surface area contributed by atoms with Crippen LogP contribution in [0.3, 0.4) is 0 Å². The van der Waals surface area contributed by atoms with Gasteiger partial charge in [0.2, 0.25) is 22.8 Å². The topological polar surface area (TPSA) is 115 Å². The zero-order valence-electron chi connectivity index (χ0n) is 23.4. The molecule has 0 radical (unpaired) electrons. The second-order valence-corrected chi connectivity index (χ2v) is 11.6. The first-order valence-corrected chi connectivity index (χ1v) is 14.1. The third kappa shape index (κ3) is 5.01. The molecule has 1 N–H and O–H groups in total. The van der Waals surface area contributed by atoms with E-state index in [9.17, 15) is 19.2 Å². The highest BCUT2D eigenvalue weighted by Crippen LogP contribution is 2.36. The molecule has 9 heteroatoms. The highest BCUT2D eigenvalue weighted by Gasteiger charge is 2.39. The summed E-state index contributed by atoms with van der Waals surface area (Å²) < 4.78 is 13.7. The molecule has 3 aromatic heterocycles. The number of rotatable bonds is 6. The summed E-state index contributed by atoms with van der Waals surface area (Å²) in [6.45, 7) is 7.14. The SMILES string of the molecule is Cc1cc(=O)c2oc(-c3ccccc3)c(CC(=O)NC(C(=O)N3CC4CC(C3)c3cccc(=O)n3C4)C(C)C)c2o1. The lowest BCUT2D eigenvalue weighted by Crippen LogP contribution is -2.56. The van der Waals surface area contributed by atoms with Crippen LogP contribution in [0.2, 0.25) is 0 Å². The van der Waals surface area contributed by atoms with Crippen LogP contribution in [0.15, 0.2) is 73.0 Å². The number of furan rings is 1. The van der Waals surface area contributed by atoms with E-state index in [4.69, 9.17) is 8.83 Å². The molecule has 212 valence electrons. The number of aryl methyl sites for hydroxylation is 1. The number of aromatic nitrogens is 1. The molecule has 0 saturated carbocycles. The first-order chi connectivity index (χ1) is 19.7. The van der Waals surface area contributed by atoms with E-state index < -0.39 is 6.04 Å². The minimum absolute atomic E-state index is 0.00281. The van der Waals surface area contributed by atoms with E-state index in [1.165, 1.54) is 6.07 Å². The minimum atomic E-state index is -0.730. The van der Waals surface area contributed by atoms with E-state index in [2.05, 4.69) is 5.32 Å². The third-order valence-corrected chi connectivity index (χ3v) is 8.19. The van der Waals surface area contributed by atoms with Crippen molar-refractivity contribution >= 4 is 23.0 Å². The van der Waals surface area contributed by atoms with E-state index in [-0.39, 0.29) is 58.1 Å². The van der Waals surface area contributed by atoms with Crippen molar-refractivity contribution in [2.24, 2.45) is 11.8 Å². The van der Waals surface area contributed by atoms with Crippen LogP contribution in [-0.4, -0.2) is 40.4 Å². The number of nitrogens with one attached hydrogen (secondary N) is 1. The smallest absolute Gasteiger partial charge is 0.250 e. The molecule has 0 spiro atoms. The molecule has 1 aromatic carbocycles. The number of hydrogen-bond donors (Lipinski definition) is 1. The Morgan fingerprint density at radius 3 is 2.51 bits per heavy atom. The average molecular weight is 556 g/mol. The zero-order chi connectivity index (χ0) is 28.8. The Balaban J connectivity index is 1.25. The number of hydrogen-bond acceptors (Lipinski definition) is 6. The average Bonchev–Trinajstić information content (AvgIpc) is 3.30. The van der Waals surface area contributed by atoms with E-state index in [1.54, 1.807) is 19.1 Å². The van der Waals surface area contributed by atoms with Crippen molar-refractivity contribution in [1.29, 1.82) is 0 Å². The minimum Gasteiger partial charge on any atom is -0.457 e. The molecule has 1 saturated heterocycles. The van der Waals surface area contributed by atoms with Crippen LogP contribution in [-0.2, 0) is 22.6 Å². The lowest BCUT2D eigenvalue weighted by Gasteiger charge is -2.44. The third-order valence-electron chi connectivity index (χ3n) is 8.19. The number of fused-ring (bicyclic) bond motifs is 5. The van der Waals surface area contributed by atoms with Crippen molar-refractivity contribution in [3.63, 3.8) is 0 Å². The number of likely N-dealkylation sites (tertiary alicyclic amines) is 1. The van der Waals surface area contributed by atoms with E-state index in [0.29, 0.717) is 36.7 Å². The Kier molecular flexibility index (Phi) is 6.89. The van der Waals surface area contributed by atoms with Crippen molar-refractivity contribution < 1.29 is 18.4 Å². The van der Waals surface area contributed by atoms with Gasteiger partial charge in [-0.1, -0.05) is 50.2 Å². The molecular formula is C32H33N3O6. The molecule has 1 fully saturated rings. The Labute approximate surface area is 236 Å². The Hall–Kier alpha value is -4.40. The van der Waals surface area contributed by atoms with Gasteiger partial charge in [0.05, 0.1) is 12.0 Å². The molecule has 3 atom stereocenters. The van der Waals surface area contributed by atoms with Gasteiger partial charge in [-0.2, -0.15) is 0 Å². The fourth-order valence-corrected chi connectivity index (χ4v) is 6.32. The van der Waals surface area contributed by atoms with Crippen molar-refractivity contribution in [1.82, 2.24) is 14.8 Å². The fourth-order valence-electron chi connectivity index (χ4n) is 6.32. The summed E-state index contributed by atoms with van der Waals surface area (Å²) in [5.74, 6) is 0.434. The van der Waals surface area contributed by atoms with Gasteiger partial charge in [-0.25, -0.2) is 0 Å². The Morgan fingerprint density at radius 1 is 0.976 bits per heavy atom. The molecule has 9 nitrogen and oxygen atoms in total. The number of pyridine rings is 1. The molecule has 3 unspecified atom stereocenters. The summed E-state index contributed by atoms with van der Waals surface area (Å²) in [4.78, 5) is 54.3. The van der Waals surface area contributed by atoms with Crippen molar-refractivity contribution in [3.05, 3.63) is 92.2 Å². The first kappa shape index (κ1) is 26.8. The molecule has 6 rings (SSSR count). The maximum Gasteiger partial charge on any atom is 0.250 e. The summed E-state index contributed by atoms with van der Waals surface area (Å²) >= 11 is 0. The lowest BCUT2D eigenvalue weighted by atomic mass is 9.82. The Morgan fingerprint density at radius 2 is 1.76 bits per heavy atom. The van der Waals surface area contributed by atoms with Gasteiger partial charge in [0.25, 0.3) is 5.56 Å². The summed E-state index contributed by atoms with van der Waals surface area (Å²) in [5, 5.41) is 2.97. The second kappa shape index (κ2) is 10.5. The highest BCUT2D eigenvalue weighted by molar-refractivity contribution is 5.93. The molecule has 2 bridgehead atoms. The van der Waals surface area contributed by atoms with Gasteiger partial charge < -0.3 is 23.6 Å². The van der Waals surface area contributed by atoms with Gasteiger partial charge in [0.15, 0.2) is 5.58 Å². The predicted molar refractivity (Wildman–Crippen MR) is 154 cm³/mol. The van der Waals surface area contributed by atoms with Crippen LogP contribution in [0.5, 0.6) is 0 Å². The normalized spacial score (nSPS) is 18.8. The molecule has 4 aromatic rings. The lowest BCUT2D eigenvalue weighted by molar-refractivity contribution is -0.140. The molecule has 5 heterocycles. The van der Waals surface area contributed by atoms with Crippen LogP contribution >= 0.6 is 0 Å². The predicted octanol–water partition coefficient (Wildman–Crippen LogP) is 3.85. The fraction of sp³-hybridized carbons (Fsp3) is 0.375. The number of carbonyl (C=O) groups excluding carboxylic acids is 2. The number of carbonyl (C=O) groups is 2. The molecule has 0 aliphatic carbocycles. The Bertz CT molecular complexity index is 1750. The van der Waals surface area contributed by atoms with Gasteiger partial charge in [0, 0.05) is 48.9 Å². The second-order valence-electron chi connectivity index (χ2n) is 11.6. The van der Waals surface area contributed by atoms with Gasteiger partial charge in [-0.3, -0.25) is 19.2 Å². The van der Waals surface area contributed by atoms with Gasteiger partial charge in [-0.05, 0) is 31.2 Å². The number of piperidine rings is 1. The standard InChI is InChI=1S/C32H33N3O6/c1-18(2)28(32(39)34-15-20-13-22(17-34)24-10-7-11-27(38)35(24)16-20)33-26(37)14-23-29(21-8-5-4-6-9-21)41-31-25(36)12-19(3)40-30(23)31/h4-12,18,20,22,28H,13-17H2,1-3H3,(H,33,37). The van der Waals surface area contributed by atoms with Crippen LogP contribution in [0.25, 0.3) is 22.5 Å². The maximum absolute atomic E-state index is 13.8. The summed E-state index contributed by atoms with van der Waals surface area (Å²) in [6.07, 6.45) is 0.814. The van der Waals surface area contributed by atoms with Gasteiger partial charge >= 0.3 is 0 Å². The first-order valence-electron chi connectivity index (χ1n) is 14.1. The molecule has 2 amide bonds. The summed E-state index contributed by atoms with van der Waals surface area (Å²) in [7, 11) is 0. The summed E-state index contributed by atoms with van der Waals surface area (Å²) in [5.41, 5.74) is 2.14. The molecule has 2 aliphatic rings. The van der Waals surface area contributed by atoms with Crippen molar-refractivity contribution in [2.75, 3.05) is 13.1 Å². The van der Waals surface area contributed by atoms with Gasteiger partial charge in [0.1, 0.15) is 17.6 Å². The van der Waals surface area contributed by atoms with Gasteiger partial charge in [-0.15, -0.1) is 0 Å². The number of amides is 2. The number of benzene rings is 1. The number of nitrogens with zero attached hydrogens (tertiary/aromatic N) is 2. The highest BCUT2D eigenvalue weighted by atomic mass is 16.4. The monoisotopic (exact) mass is 555 g/mol. The molecule has 41 heavy (non-hydrogen) atoms. The van der Waals surface area contributed by atoms with Crippen LogP contribution in [0, 0.1) is 18.8 Å². The van der Waals surface area contributed by atoms with Crippen LogP contribution < -0.4 is 16.3 Å². The largest absolute Gasteiger partial charge is 0.457 e. The molecular weight excluding hydrogens is 522 g/mol.